The smallest absolute Gasteiger partial charge is 0.160 e. The van der Waals surface area contributed by atoms with Crippen molar-refractivity contribution in [2.75, 3.05) is 12.3 Å². The van der Waals surface area contributed by atoms with Crippen molar-refractivity contribution >= 4 is 11.3 Å². The molecule has 0 atom stereocenters. The van der Waals surface area contributed by atoms with E-state index in [1.54, 1.807) is 0 Å². The van der Waals surface area contributed by atoms with Crippen molar-refractivity contribution in [2.24, 2.45) is 0 Å². The molecule has 2 aromatic heterocycles. The van der Waals surface area contributed by atoms with Gasteiger partial charge in [-0.3, -0.25) is 4.40 Å². The first-order valence-corrected chi connectivity index (χ1v) is 6.60. The Labute approximate surface area is 117 Å². The van der Waals surface area contributed by atoms with Gasteiger partial charge < -0.3 is 10.5 Å². The van der Waals surface area contributed by atoms with E-state index in [4.69, 9.17) is 10.5 Å². The SMILES string of the molecule is Nc1ccc2nnc(CCCOc3ccccc3)n2c1. The second-order valence-electron chi connectivity index (χ2n) is 4.57. The lowest BCUT2D eigenvalue weighted by molar-refractivity contribution is 0.309. The van der Waals surface area contributed by atoms with Gasteiger partial charge in [0.15, 0.2) is 5.65 Å². The fourth-order valence-electron chi connectivity index (χ4n) is 2.06. The van der Waals surface area contributed by atoms with Gasteiger partial charge in [0.1, 0.15) is 11.6 Å². The third-order valence-corrected chi connectivity index (χ3v) is 3.05. The van der Waals surface area contributed by atoms with Gasteiger partial charge in [0.2, 0.25) is 0 Å². The summed E-state index contributed by atoms with van der Waals surface area (Å²) in [6.45, 7) is 0.654. The van der Waals surface area contributed by atoms with Crippen molar-refractivity contribution in [2.45, 2.75) is 12.8 Å². The number of anilines is 1. The molecule has 102 valence electrons. The Kier molecular flexibility index (Phi) is 3.50. The highest BCUT2D eigenvalue weighted by atomic mass is 16.5. The van der Waals surface area contributed by atoms with Gasteiger partial charge in [-0.2, -0.15) is 0 Å². The van der Waals surface area contributed by atoms with Gasteiger partial charge >= 0.3 is 0 Å². The maximum atomic E-state index is 5.78. The molecule has 3 rings (SSSR count). The van der Waals surface area contributed by atoms with E-state index in [1.165, 1.54) is 0 Å². The van der Waals surface area contributed by atoms with Crippen LogP contribution in [0.3, 0.4) is 0 Å². The minimum atomic E-state index is 0.654. The predicted octanol–water partition coefficient (Wildman–Crippen LogP) is 2.32. The molecule has 0 amide bonds. The summed E-state index contributed by atoms with van der Waals surface area (Å²) in [5.74, 6) is 1.80. The van der Waals surface area contributed by atoms with E-state index in [0.717, 1.165) is 30.1 Å². The Bertz CT molecular complexity index is 693. The summed E-state index contributed by atoms with van der Waals surface area (Å²) in [6.07, 6.45) is 3.53. The molecule has 0 fully saturated rings. The van der Waals surface area contributed by atoms with Crippen molar-refractivity contribution in [3.63, 3.8) is 0 Å². The Morgan fingerprint density at radius 2 is 1.90 bits per heavy atom. The number of aryl methyl sites for hydroxylation is 1. The fraction of sp³-hybridized carbons (Fsp3) is 0.200. The monoisotopic (exact) mass is 268 g/mol. The zero-order chi connectivity index (χ0) is 13.8. The minimum absolute atomic E-state index is 0.654. The molecule has 0 aliphatic carbocycles. The van der Waals surface area contributed by atoms with Crippen LogP contribution in [0, 0.1) is 0 Å². The molecule has 2 N–H and O–H groups in total. The van der Waals surface area contributed by atoms with Crippen LogP contribution >= 0.6 is 0 Å². The molecular formula is C15H16N4O. The molecule has 0 saturated heterocycles. The molecule has 2 heterocycles. The van der Waals surface area contributed by atoms with Crippen LogP contribution in [0.15, 0.2) is 48.7 Å². The molecular weight excluding hydrogens is 252 g/mol. The molecule has 20 heavy (non-hydrogen) atoms. The second kappa shape index (κ2) is 5.61. The molecule has 5 heteroatoms. The highest BCUT2D eigenvalue weighted by molar-refractivity contribution is 5.47. The lowest BCUT2D eigenvalue weighted by Crippen LogP contribution is -2.02. The number of nitrogens with zero attached hydrogens (tertiary/aromatic N) is 3. The third kappa shape index (κ3) is 2.71. The third-order valence-electron chi connectivity index (χ3n) is 3.05. The average Bonchev–Trinajstić information content (AvgIpc) is 2.87. The molecule has 0 spiro atoms. The van der Waals surface area contributed by atoms with Crippen LogP contribution in [-0.2, 0) is 6.42 Å². The molecule has 0 saturated carbocycles. The van der Waals surface area contributed by atoms with Crippen LogP contribution in [0.5, 0.6) is 5.75 Å². The lowest BCUT2D eigenvalue weighted by Gasteiger charge is -2.05. The first-order valence-electron chi connectivity index (χ1n) is 6.60. The number of nitrogen functional groups attached to an aromatic ring is 1. The van der Waals surface area contributed by atoms with Crippen LogP contribution in [0.4, 0.5) is 5.69 Å². The predicted molar refractivity (Wildman–Crippen MR) is 77.7 cm³/mol. The first kappa shape index (κ1) is 12.5. The summed E-state index contributed by atoms with van der Waals surface area (Å²) in [5.41, 5.74) is 7.31. The van der Waals surface area contributed by atoms with Gasteiger partial charge in [-0.05, 0) is 30.7 Å². The number of pyridine rings is 1. The topological polar surface area (TPSA) is 65.4 Å². The Balaban J connectivity index is 1.59. The molecule has 0 unspecified atom stereocenters. The van der Waals surface area contributed by atoms with Crippen molar-refractivity contribution in [1.82, 2.24) is 14.6 Å². The van der Waals surface area contributed by atoms with E-state index in [2.05, 4.69) is 10.2 Å². The van der Waals surface area contributed by atoms with Crippen molar-refractivity contribution in [3.05, 3.63) is 54.5 Å². The van der Waals surface area contributed by atoms with Crippen LogP contribution in [0.25, 0.3) is 5.65 Å². The summed E-state index contributed by atoms with van der Waals surface area (Å²) in [5, 5.41) is 8.30. The summed E-state index contributed by atoms with van der Waals surface area (Å²) >= 11 is 0. The standard InChI is InChI=1S/C15H16N4O/c16-12-8-9-15-18-17-14(19(15)11-12)7-4-10-20-13-5-2-1-3-6-13/h1-3,5-6,8-9,11H,4,7,10,16H2. The summed E-state index contributed by atoms with van der Waals surface area (Å²) < 4.78 is 7.59. The van der Waals surface area contributed by atoms with E-state index in [9.17, 15) is 0 Å². The molecule has 1 aromatic carbocycles. The maximum Gasteiger partial charge on any atom is 0.160 e. The Morgan fingerprint density at radius 1 is 1.05 bits per heavy atom. The van der Waals surface area contributed by atoms with E-state index in [-0.39, 0.29) is 0 Å². The normalized spacial score (nSPS) is 10.8. The number of rotatable bonds is 5. The fourth-order valence-corrected chi connectivity index (χ4v) is 2.06. The van der Waals surface area contributed by atoms with Crippen LogP contribution in [0.1, 0.15) is 12.2 Å². The number of aromatic nitrogens is 3. The second-order valence-corrected chi connectivity index (χ2v) is 4.57. The maximum absolute atomic E-state index is 5.78. The Hall–Kier alpha value is -2.56. The number of nitrogens with two attached hydrogens (primary N) is 1. The number of para-hydroxylation sites is 1. The van der Waals surface area contributed by atoms with E-state index in [1.807, 2.05) is 53.1 Å². The minimum Gasteiger partial charge on any atom is -0.494 e. The number of hydrogen-bond acceptors (Lipinski definition) is 4. The van der Waals surface area contributed by atoms with Crippen molar-refractivity contribution < 1.29 is 4.74 Å². The lowest BCUT2D eigenvalue weighted by atomic mass is 10.3. The van der Waals surface area contributed by atoms with Gasteiger partial charge in [-0.15, -0.1) is 10.2 Å². The number of fused-ring (bicyclic) bond motifs is 1. The molecule has 0 aliphatic heterocycles. The highest BCUT2D eigenvalue weighted by Gasteiger charge is 2.05. The highest BCUT2D eigenvalue weighted by Crippen LogP contribution is 2.11. The van der Waals surface area contributed by atoms with Crippen LogP contribution in [-0.4, -0.2) is 21.2 Å². The summed E-state index contributed by atoms with van der Waals surface area (Å²) in [4.78, 5) is 0. The Morgan fingerprint density at radius 3 is 2.75 bits per heavy atom. The van der Waals surface area contributed by atoms with Crippen molar-refractivity contribution in [3.8, 4) is 5.75 Å². The summed E-state index contributed by atoms with van der Waals surface area (Å²) in [6, 6.07) is 13.5. The van der Waals surface area contributed by atoms with Gasteiger partial charge in [-0.25, -0.2) is 0 Å². The number of hydrogen-bond donors (Lipinski definition) is 1. The quantitative estimate of drug-likeness (QED) is 0.721. The van der Waals surface area contributed by atoms with Gasteiger partial charge in [-0.1, -0.05) is 18.2 Å². The number of benzene rings is 1. The van der Waals surface area contributed by atoms with Gasteiger partial charge in [0, 0.05) is 18.3 Å². The molecule has 0 aliphatic rings. The zero-order valence-electron chi connectivity index (χ0n) is 11.1. The molecule has 0 radical (unpaired) electrons. The van der Waals surface area contributed by atoms with Crippen LogP contribution in [0.2, 0.25) is 0 Å². The molecule has 3 aromatic rings. The van der Waals surface area contributed by atoms with Crippen LogP contribution < -0.4 is 10.5 Å². The van der Waals surface area contributed by atoms with E-state index < -0.39 is 0 Å². The first-order chi connectivity index (χ1) is 9.83. The summed E-state index contributed by atoms with van der Waals surface area (Å²) in [7, 11) is 0. The van der Waals surface area contributed by atoms with E-state index >= 15 is 0 Å². The average molecular weight is 268 g/mol. The molecule has 5 nitrogen and oxygen atoms in total. The van der Waals surface area contributed by atoms with Crippen molar-refractivity contribution in [1.29, 1.82) is 0 Å². The van der Waals surface area contributed by atoms with E-state index in [0.29, 0.717) is 12.3 Å². The zero-order valence-corrected chi connectivity index (χ0v) is 11.1. The largest absolute Gasteiger partial charge is 0.494 e. The molecule has 0 bridgehead atoms. The van der Waals surface area contributed by atoms with Gasteiger partial charge in [0.25, 0.3) is 0 Å². The number of ether oxygens (including phenoxy) is 1. The van der Waals surface area contributed by atoms with Gasteiger partial charge in [0.05, 0.1) is 6.61 Å².